The minimum Gasteiger partial charge on any atom is -0.485 e. The number of rotatable bonds is 13. The molecule has 2 aromatic heterocycles. The summed E-state index contributed by atoms with van der Waals surface area (Å²) in [5, 5.41) is 18.5. The van der Waals surface area contributed by atoms with E-state index in [9.17, 15) is 27.9 Å². The third-order valence-electron chi connectivity index (χ3n) is 8.42. The Hall–Kier alpha value is -4.63. The largest absolute Gasteiger partial charge is 0.485 e. The van der Waals surface area contributed by atoms with Crippen molar-refractivity contribution in [2.75, 3.05) is 12.3 Å². The number of carboxylic acids is 1. The summed E-state index contributed by atoms with van der Waals surface area (Å²) in [5.41, 5.74) is 10.2. The zero-order valence-corrected chi connectivity index (χ0v) is 28.7. The van der Waals surface area contributed by atoms with Crippen LogP contribution in [-0.4, -0.2) is 86.1 Å². The number of thiazole rings is 1. The number of fused-ring (bicyclic) bond motifs is 1. The number of carboxylic acid groups (broad SMARTS) is 1. The van der Waals surface area contributed by atoms with Gasteiger partial charge >= 0.3 is 16.4 Å². The van der Waals surface area contributed by atoms with Crippen LogP contribution >= 0.6 is 11.3 Å². The number of nitrogen functional groups attached to an aromatic ring is 1. The number of hydrogen-bond donors (Lipinski definition) is 5. The molecule has 2 unspecified atom stereocenters. The van der Waals surface area contributed by atoms with Crippen molar-refractivity contribution < 1.29 is 51.0 Å². The molecule has 49 heavy (non-hydrogen) atoms. The lowest BCUT2D eigenvalue weighted by Gasteiger charge is -2.50. The van der Waals surface area contributed by atoms with E-state index in [1.165, 1.54) is 26.2 Å². The van der Waals surface area contributed by atoms with Gasteiger partial charge < -0.3 is 31.5 Å². The number of aryl methyl sites for hydroxylation is 3. The van der Waals surface area contributed by atoms with Crippen molar-refractivity contribution in [2.45, 2.75) is 69.9 Å². The maximum absolute atomic E-state index is 13.5. The molecule has 0 saturated carbocycles. The second-order valence-corrected chi connectivity index (χ2v) is 14.2. The molecule has 2 aliphatic heterocycles. The number of oxime groups is 1. The number of β-lactam (4-membered cyclic amide) rings is 1. The van der Waals surface area contributed by atoms with Gasteiger partial charge in [0.15, 0.2) is 24.0 Å². The molecule has 0 bridgehead atoms. The van der Waals surface area contributed by atoms with E-state index in [0.29, 0.717) is 23.8 Å². The number of nitrogens with zero attached hydrogens (tertiary/aromatic N) is 5. The molecular weight excluding hydrogens is 684 g/mol. The number of aromatic nitrogens is 3. The molecule has 3 atom stereocenters. The number of nitrogens with two attached hydrogens (primary N) is 2. The third kappa shape index (κ3) is 7.22. The van der Waals surface area contributed by atoms with Crippen LogP contribution in [0.15, 0.2) is 41.1 Å². The van der Waals surface area contributed by atoms with Gasteiger partial charge in [0.2, 0.25) is 6.20 Å². The highest BCUT2D eigenvalue weighted by atomic mass is 32.3. The molecule has 1 aromatic carbocycles. The first-order chi connectivity index (χ1) is 22.9. The molecule has 18 nitrogen and oxygen atoms in total. The summed E-state index contributed by atoms with van der Waals surface area (Å²) in [6.45, 7) is 5.38. The lowest BCUT2D eigenvalue weighted by Crippen LogP contribution is -2.76. The quantitative estimate of drug-likeness (QED) is 0.0519. The summed E-state index contributed by atoms with van der Waals surface area (Å²) in [7, 11) is -3.08. The Kier molecular flexibility index (Phi) is 9.72. The summed E-state index contributed by atoms with van der Waals surface area (Å²) >= 11 is 0.973. The van der Waals surface area contributed by atoms with E-state index in [-0.39, 0.29) is 17.2 Å². The fraction of sp³-hybridized carbons (Fsp3) is 0.448. The van der Waals surface area contributed by atoms with Crippen LogP contribution in [0.1, 0.15) is 44.9 Å². The van der Waals surface area contributed by atoms with E-state index in [1.54, 1.807) is 6.07 Å². The molecule has 1 saturated heterocycles. The number of aliphatic carboxylic acids is 1. The highest BCUT2D eigenvalue weighted by Crippen LogP contribution is 2.37. The maximum Gasteiger partial charge on any atom is 0.418 e. The molecule has 0 spiro atoms. The number of nitrogens with one attached hydrogen (secondary N) is 1. The van der Waals surface area contributed by atoms with Crippen molar-refractivity contribution >= 4 is 50.4 Å². The van der Waals surface area contributed by atoms with Crippen molar-refractivity contribution in [1.29, 1.82) is 0 Å². The maximum atomic E-state index is 13.5. The number of benzene rings is 1. The van der Waals surface area contributed by atoms with Crippen LogP contribution in [-0.2, 0) is 53.9 Å². The predicted octanol–water partition coefficient (Wildman–Crippen LogP) is 0.165. The number of ether oxygens (including phenoxy) is 1. The smallest absolute Gasteiger partial charge is 0.418 e. The van der Waals surface area contributed by atoms with Gasteiger partial charge in [0.25, 0.3) is 17.4 Å². The molecular formula is C29H37N8O10S2+. The lowest BCUT2D eigenvalue weighted by molar-refractivity contribution is -0.753. The number of hydrogen-bond acceptors (Lipinski definition) is 13. The van der Waals surface area contributed by atoms with E-state index < -0.39 is 57.2 Å². The van der Waals surface area contributed by atoms with E-state index in [1.807, 2.05) is 36.3 Å². The van der Waals surface area contributed by atoms with Crippen LogP contribution in [0.4, 0.5) is 5.13 Å². The molecule has 3 aromatic rings. The second kappa shape index (κ2) is 13.3. The minimum absolute atomic E-state index is 0.0664. The zero-order chi connectivity index (χ0) is 35.9. The standard InChI is InChI=1S/C29H36N8O10S2/c1-28(2)23(25(39)37(28)47-49(42,43)44)33-24(38)22(19-15-48-27(31)32-19)34-46-29(3,26(40)41)21-9-7-17-12-16(6-8-20(17)45-21)18-13-35(4)36(14-18)11-5-10-30/h6,8,12-15,21,23H,5,7,9-11,30H2,1-4H3,(H4-,31,32,33,38,40,41,42,43,44)/p+1/b34-22-/t21?,23?,29-/m0/s1. The summed E-state index contributed by atoms with van der Waals surface area (Å²) in [6.07, 6.45) is 4.54. The molecule has 0 radical (unpaired) electrons. The molecule has 2 amide bonds. The highest BCUT2D eigenvalue weighted by Gasteiger charge is 2.58. The van der Waals surface area contributed by atoms with Gasteiger partial charge in [-0.05, 0) is 69.8 Å². The van der Waals surface area contributed by atoms with Gasteiger partial charge in [-0.3, -0.25) is 14.1 Å². The van der Waals surface area contributed by atoms with E-state index in [4.69, 9.17) is 25.6 Å². The Morgan fingerprint density at radius 3 is 2.67 bits per heavy atom. The molecule has 4 heterocycles. The highest BCUT2D eigenvalue weighted by molar-refractivity contribution is 7.80. The normalized spacial score (nSPS) is 20.1. The van der Waals surface area contributed by atoms with Crippen LogP contribution in [0.3, 0.4) is 0 Å². The van der Waals surface area contributed by atoms with Crippen molar-refractivity contribution in [2.24, 2.45) is 17.9 Å². The Labute approximate surface area is 285 Å². The van der Waals surface area contributed by atoms with E-state index in [2.05, 4.69) is 24.4 Å². The second-order valence-electron chi connectivity index (χ2n) is 12.3. The van der Waals surface area contributed by atoms with Gasteiger partial charge in [0.1, 0.15) is 17.5 Å². The Balaban J connectivity index is 1.36. The fourth-order valence-corrected chi connectivity index (χ4v) is 6.54. The lowest BCUT2D eigenvalue weighted by atomic mass is 9.84. The van der Waals surface area contributed by atoms with E-state index in [0.717, 1.165) is 41.0 Å². The van der Waals surface area contributed by atoms with Crippen molar-refractivity contribution in [3.8, 4) is 16.9 Å². The van der Waals surface area contributed by atoms with Gasteiger partial charge in [-0.1, -0.05) is 11.2 Å². The molecule has 7 N–H and O–H groups in total. The summed E-state index contributed by atoms with van der Waals surface area (Å²) in [6, 6.07) is 4.31. The topological polar surface area (TPSA) is 255 Å². The number of carbonyl (C=O) groups is 3. The molecule has 0 aliphatic carbocycles. The Morgan fingerprint density at radius 1 is 1.33 bits per heavy atom. The van der Waals surface area contributed by atoms with Gasteiger partial charge in [0.05, 0.1) is 23.8 Å². The van der Waals surface area contributed by atoms with Crippen LogP contribution < -0.4 is 26.2 Å². The number of hydroxylamine groups is 2. The average molecular weight is 722 g/mol. The molecule has 1 fully saturated rings. The molecule has 2 aliphatic rings. The van der Waals surface area contributed by atoms with Crippen molar-refractivity contribution in [3.05, 3.63) is 47.2 Å². The Bertz CT molecular complexity index is 1920. The van der Waals surface area contributed by atoms with Crippen LogP contribution in [0.2, 0.25) is 0 Å². The zero-order valence-electron chi connectivity index (χ0n) is 27.0. The molecule has 264 valence electrons. The first-order valence-corrected chi connectivity index (χ1v) is 17.3. The minimum atomic E-state index is -5.02. The number of anilines is 1. The average Bonchev–Trinajstić information content (AvgIpc) is 3.64. The third-order valence-corrected chi connectivity index (χ3v) is 9.43. The first-order valence-electron chi connectivity index (χ1n) is 15.0. The summed E-state index contributed by atoms with van der Waals surface area (Å²) in [4.78, 5) is 48.4. The van der Waals surface area contributed by atoms with Gasteiger partial charge in [-0.2, -0.15) is 18.2 Å². The van der Waals surface area contributed by atoms with Crippen LogP contribution in [0.5, 0.6) is 5.75 Å². The number of amides is 2. The fourth-order valence-electron chi connectivity index (χ4n) is 5.54. The van der Waals surface area contributed by atoms with Crippen molar-refractivity contribution in [3.63, 3.8) is 0 Å². The SMILES string of the molecule is C[n+]1cc(-c2ccc3c(c2)CCC([C@](C)(O/N=C(\C(=O)NC2C(=O)N(OS(=O)(=O)O)C2(C)C)c2csc(N)n2)C(=O)O)O3)cn1CCCN. The van der Waals surface area contributed by atoms with Gasteiger partial charge in [-0.25, -0.2) is 9.78 Å². The summed E-state index contributed by atoms with van der Waals surface area (Å²) < 4.78 is 45.9. The first kappa shape index (κ1) is 35.7. The molecule has 5 rings (SSSR count). The molecule has 20 heteroatoms. The van der Waals surface area contributed by atoms with Crippen LogP contribution in [0.25, 0.3) is 11.1 Å². The van der Waals surface area contributed by atoms with Crippen molar-refractivity contribution in [1.82, 2.24) is 20.0 Å². The van der Waals surface area contributed by atoms with Crippen LogP contribution in [0, 0.1) is 0 Å². The Morgan fingerprint density at radius 2 is 2.06 bits per heavy atom. The van der Waals surface area contributed by atoms with Gasteiger partial charge in [0, 0.05) is 5.38 Å². The number of carbonyl (C=O) groups excluding carboxylic acids is 2. The van der Waals surface area contributed by atoms with E-state index >= 15 is 0 Å². The van der Waals surface area contributed by atoms with Gasteiger partial charge in [-0.15, -0.1) is 20.3 Å². The monoisotopic (exact) mass is 721 g/mol. The predicted molar refractivity (Wildman–Crippen MR) is 173 cm³/mol. The summed E-state index contributed by atoms with van der Waals surface area (Å²) in [5.74, 6) is -2.94.